The number of nitrogens with two attached hydrogens (primary N) is 2. The maximum absolute atomic E-state index is 11.3. The molecule has 0 atom stereocenters. The summed E-state index contributed by atoms with van der Waals surface area (Å²) in [5.74, 6) is 0.0647. The lowest BCUT2D eigenvalue weighted by molar-refractivity contribution is 0.100. The second-order valence-corrected chi connectivity index (χ2v) is 7.77. The summed E-state index contributed by atoms with van der Waals surface area (Å²) in [6.45, 7) is 11.5. The van der Waals surface area contributed by atoms with Gasteiger partial charge in [0, 0.05) is 35.5 Å². The number of primary amides is 1. The molecule has 0 aliphatic carbocycles. The quantitative estimate of drug-likeness (QED) is 0.842. The van der Waals surface area contributed by atoms with E-state index in [1.807, 2.05) is 6.07 Å². The van der Waals surface area contributed by atoms with Gasteiger partial charge in [0.1, 0.15) is 5.82 Å². The van der Waals surface area contributed by atoms with Crippen LogP contribution < -0.4 is 11.5 Å². The fourth-order valence-corrected chi connectivity index (χ4v) is 3.97. The normalized spacial score (nSPS) is 16.2. The first-order valence-corrected chi connectivity index (χ1v) is 9.61. The van der Waals surface area contributed by atoms with Gasteiger partial charge in [0.15, 0.2) is 0 Å². The molecule has 3 rings (SSSR count). The van der Waals surface area contributed by atoms with Gasteiger partial charge in [-0.3, -0.25) is 14.4 Å². The Morgan fingerprint density at radius 3 is 2.44 bits per heavy atom. The SMILES string of the molecule is Cc1nn(C(C)C)c(C)c1CN1CCC(c2ccc(C(N)=O)c(N)n2)CC1. The van der Waals surface area contributed by atoms with Crippen LogP contribution in [0.3, 0.4) is 0 Å². The van der Waals surface area contributed by atoms with Crippen molar-refractivity contribution in [1.82, 2.24) is 19.7 Å². The summed E-state index contributed by atoms with van der Waals surface area (Å²) in [6, 6.07) is 3.96. The molecule has 2 aromatic heterocycles. The van der Waals surface area contributed by atoms with Gasteiger partial charge in [-0.05, 0) is 65.8 Å². The highest BCUT2D eigenvalue weighted by molar-refractivity contribution is 5.97. The van der Waals surface area contributed by atoms with E-state index in [1.165, 1.54) is 11.3 Å². The van der Waals surface area contributed by atoms with E-state index in [0.717, 1.165) is 43.9 Å². The Labute approximate surface area is 160 Å². The average Bonchev–Trinajstić information content (AvgIpc) is 2.90. The zero-order valence-electron chi connectivity index (χ0n) is 16.7. The van der Waals surface area contributed by atoms with Crippen LogP contribution in [-0.2, 0) is 6.54 Å². The van der Waals surface area contributed by atoms with E-state index in [0.29, 0.717) is 17.5 Å². The van der Waals surface area contributed by atoms with Gasteiger partial charge in [0.05, 0.1) is 11.3 Å². The maximum Gasteiger partial charge on any atom is 0.252 e. The summed E-state index contributed by atoms with van der Waals surface area (Å²) in [6.07, 6.45) is 2.05. The molecule has 7 nitrogen and oxygen atoms in total. The van der Waals surface area contributed by atoms with Crippen molar-refractivity contribution in [3.05, 3.63) is 40.3 Å². The van der Waals surface area contributed by atoms with Crippen LogP contribution in [0.5, 0.6) is 0 Å². The Balaban J connectivity index is 1.64. The van der Waals surface area contributed by atoms with E-state index < -0.39 is 5.91 Å². The zero-order valence-corrected chi connectivity index (χ0v) is 16.7. The predicted octanol–water partition coefficient (Wildman–Crippen LogP) is 2.54. The van der Waals surface area contributed by atoms with E-state index >= 15 is 0 Å². The summed E-state index contributed by atoms with van der Waals surface area (Å²) in [4.78, 5) is 18.2. The fourth-order valence-electron chi connectivity index (χ4n) is 3.97. The van der Waals surface area contributed by atoms with Gasteiger partial charge in [-0.15, -0.1) is 0 Å². The van der Waals surface area contributed by atoms with E-state index in [4.69, 9.17) is 16.6 Å². The highest BCUT2D eigenvalue weighted by Gasteiger charge is 2.24. The van der Waals surface area contributed by atoms with Crippen molar-refractivity contribution in [2.45, 2.75) is 59.0 Å². The maximum atomic E-state index is 11.3. The molecule has 27 heavy (non-hydrogen) atoms. The standard InChI is InChI=1S/C20H30N6O/c1-12(2)26-14(4)17(13(3)24-26)11-25-9-7-15(8-10-25)18-6-5-16(20(22)27)19(21)23-18/h5-6,12,15H,7-11H2,1-4H3,(H2,21,23)(H2,22,27). The first-order valence-electron chi connectivity index (χ1n) is 9.61. The monoisotopic (exact) mass is 370 g/mol. The number of carbonyl (C=O) groups is 1. The Hall–Kier alpha value is -2.41. The highest BCUT2D eigenvalue weighted by atomic mass is 16.1. The first-order chi connectivity index (χ1) is 12.8. The lowest BCUT2D eigenvalue weighted by Gasteiger charge is -2.32. The molecule has 0 unspecified atom stereocenters. The molecule has 0 saturated carbocycles. The molecule has 1 fully saturated rings. The molecule has 2 aromatic rings. The molecular weight excluding hydrogens is 340 g/mol. The van der Waals surface area contributed by atoms with Crippen molar-refractivity contribution < 1.29 is 4.79 Å². The van der Waals surface area contributed by atoms with Crippen LogP contribution in [0.25, 0.3) is 0 Å². The van der Waals surface area contributed by atoms with Crippen LogP contribution in [0.1, 0.15) is 71.7 Å². The largest absolute Gasteiger partial charge is 0.383 e. The Kier molecular flexibility index (Phi) is 5.51. The third-order valence-electron chi connectivity index (χ3n) is 5.56. The Morgan fingerprint density at radius 1 is 1.26 bits per heavy atom. The number of hydrogen-bond acceptors (Lipinski definition) is 5. The van der Waals surface area contributed by atoms with Crippen LogP contribution in [0, 0.1) is 13.8 Å². The smallest absolute Gasteiger partial charge is 0.252 e. The summed E-state index contributed by atoms with van der Waals surface area (Å²) in [5.41, 5.74) is 16.2. The lowest BCUT2D eigenvalue weighted by atomic mass is 9.92. The molecule has 4 N–H and O–H groups in total. The molecule has 0 bridgehead atoms. The van der Waals surface area contributed by atoms with Crippen molar-refractivity contribution in [3.8, 4) is 0 Å². The molecule has 1 aliphatic heterocycles. The van der Waals surface area contributed by atoms with Gasteiger partial charge in [-0.25, -0.2) is 4.98 Å². The molecule has 1 saturated heterocycles. The van der Waals surface area contributed by atoms with E-state index in [9.17, 15) is 4.79 Å². The van der Waals surface area contributed by atoms with Crippen molar-refractivity contribution in [3.63, 3.8) is 0 Å². The van der Waals surface area contributed by atoms with E-state index in [-0.39, 0.29) is 5.82 Å². The van der Waals surface area contributed by atoms with Gasteiger partial charge in [-0.2, -0.15) is 5.10 Å². The number of aryl methyl sites for hydroxylation is 1. The minimum absolute atomic E-state index is 0.231. The van der Waals surface area contributed by atoms with E-state index in [1.54, 1.807) is 6.07 Å². The van der Waals surface area contributed by atoms with Crippen molar-refractivity contribution in [2.75, 3.05) is 18.8 Å². The predicted molar refractivity (Wildman–Crippen MR) is 107 cm³/mol. The number of nitrogen functional groups attached to an aromatic ring is 1. The summed E-state index contributed by atoms with van der Waals surface area (Å²) < 4.78 is 2.12. The van der Waals surface area contributed by atoms with Crippen LogP contribution in [-0.4, -0.2) is 38.7 Å². The molecule has 1 amide bonds. The fraction of sp³-hybridized carbons (Fsp3) is 0.550. The van der Waals surface area contributed by atoms with Crippen molar-refractivity contribution in [1.29, 1.82) is 0 Å². The Morgan fingerprint density at radius 2 is 1.93 bits per heavy atom. The molecule has 3 heterocycles. The highest BCUT2D eigenvalue weighted by Crippen LogP contribution is 2.29. The van der Waals surface area contributed by atoms with Gasteiger partial charge in [0.2, 0.25) is 0 Å². The molecule has 0 radical (unpaired) electrons. The third-order valence-corrected chi connectivity index (χ3v) is 5.56. The van der Waals surface area contributed by atoms with E-state index in [2.05, 4.69) is 42.3 Å². The number of piperidine rings is 1. The van der Waals surface area contributed by atoms with Gasteiger partial charge in [0.25, 0.3) is 5.91 Å². The van der Waals surface area contributed by atoms with Gasteiger partial charge in [-0.1, -0.05) is 0 Å². The minimum atomic E-state index is -0.533. The number of amides is 1. The van der Waals surface area contributed by atoms with Crippen LogP contribution in [0.4, 0.5) is 5.82 Å². The number of likely N-dealkylation sites (tertiary alicyclic amines) is 1. The molecule has 0 aromatic carbocycles. The number of nitrogens with zero attached hydrogens (tertiary/aromatic N) is 4. The molecule has 1 aliphatic rings. The molecule has 7 heteroatoms. The third kappa shape index (κ3) is 3.98. The summed E-state index contributed by atoms with van der Waals surface area (Å²) >= 11 is 0. The van der Waals surface area contributed by atoms with Crippen LogP contribution in [0.15, 0.2) is 12.1 Å². The first kappa shape index (κ1) is 19.4. The summed E-state index contributed by atoms with van der Waals surface area (Å²) in [5, 5.41) is 4.70. The molecule has 0 spiro atoms. The number of pyridine rings is 1. The number of aromatic nitrogens is 3. The summed E-state index contributed by atoms with van der Waals surface area (Å²) in [7, 11) is 0. The van der Waals surface area contributed by atoms with Crippen LogP contribution >= 0.6 is 0 Å². The Bertz CT molecular complexity index is 833. The van der Waals surface area contributed by atoms with Gasteiger partial charge < -0.3 is 11.5 Å². The minimum Gasteiger partial charge on any atom is -0.383 e. The number of hydrogen-bond donors (Lipinski definition) is 2. The van der Waals surface area contributed by atoms with Crippen molar-refractivity contribution >= 4 is 11.7 Å². The number of rotatable bonds is 5. The number of carbonyl (C=O) groups excluding carboxylic acids is 1. The lowest BCUT2D eigenvalue weighted by Crippen LogP contribution is -2.33. The average molecular weight is 371 g/mol. The zero-order chi connectivity index (χ0) is 19.7. The molecule has 146 valence electrons. The number of anilines is 1. The second kappa shape index (κ2) is 7.68. The topological polar surface area (TPSA) is 103 Å². The van der Waals surface area contributed by atoms with Crippen molar-refractivity contribution in [2.24, 2.45) is 5.73 Å². The van der Waals surface area contributed by atoms with Crippen LogP contribution in [0.2, 0.25) is 0 Å². The van der Waals surface area contributed by atoms with Gasteiger partial charge >= 0.3 is 0 Å². The second-order valence-electron chi connectivity index (χ2n) is 7.77. The molecular formula is C20H30N6O.